The van der Waals surface area contributed by atoms with Crippen molar-refractivity contribution < 1.29 is 4.74 Å². The SMILES string of the molecule is CC(C)COCC(C)C.Nc1nc(N)nc(N)n1. The van der Waals surface area contributed by atoms with Crippen LogP contribution in [0.5, 0.6) is 0 Å². The molecule has 6 N–H and O–H groups in total. The second-order valence-electron chi connectivity index (χ2n) is 4.74. The maximum atomic E-state index is 5.36. The first-order valence-corrected chi connectivity index (χ1v) is 5.91. The summed E-state index contributed by atoms with van der Waals surface area (Å²) in [7, 11) is 0. The first-order valence-electron chi connectivity index (χ1n) is 5.91. The minimum atomic E-state index is 0.0417. The van der Waals surface area contributed by atoms with Crippen LogP contribution in [0.4, 0.5) is 17.8 Å². The molecule has 0 aliphatic heterocycles. The number of ether oxygens (including phenoxy) is 1. The van der Waals surface area contributed by atoms with Crippen LogP contribution >= 0.6 is 0 Å². The predicted molar refractivity (Wildman–Crippen MR) is 73.6 cm³/mol. The maximum Gasteiger partial charge on any atom is 0.226 e. The van der Waals surface area contributed by atoms with E-state index in [0.717, 1.165) is 13.2 Å². The molecule has 0 spiro atoms. The number of nitrogen functional groups attached to an aromatic ring is 3. The molecule has 0 fully saturated rings. The van der Waals surface area contributed by atoms with Gasteiger partial charge in [0, 0.05) is 13.2 Å². The Morgan fingerprint density at radius 2 is 1.06 bits per heavy atom. The van der Waals surface area contributed by atoms with Crippen LogP contribution in [-0.2, 0) is 4.74 Å². The van der Waals surface area contributed by atoms with E-state index < -0.39 is 0 Å². The van der Waals surface area contributed by atoms with E-state index in [1.807, 2.05) is 0 Å². The van der Waals surface area contributed by atoms with Crippen LogP contribution in [0.3, 0.4) is 0 Å². The van der Waals surface area contributed by atoms with Crippen LogP contribution in [0.2, 0.25) is 0 Å². The summed E-state index contributed by atoms with van der Waals surface area (Å²) in [5, 5.41) is 0. The Bertz CT molecular complexity index is 284. The number of nitrogens with two attached hydrogens (primary N) is 3. The Hall–Kier alpha value is -1.63. The molecule has 0 saturated heterocycles. The summed E-state index contributed by atoms with van der Waals surface area (Å²) >= 11 is 0. The lowest BCUT2D eigenvalue weighted by Gasteiger charge is -2.07. The van der Waals surface area contributed by atoms with Gasteiger partial charge in [0.25, 0.3) is 0 Å². The van der Waals surface area contributed by atoms with Gasteiger partial charge in [-0.3, -0.25) is 0 Å². The van der Waals surface area contributed by atoms with Crippen LogP contribution in [0.25, 0.3) is 0 Å². The van der Waals surface area contributed by atoms with Crippen molar-refractivity contribution in [2.45, 2.75) is 27.7 Å². The predicted octanol–water partition coefficient (Wildman–Crippen LogP) is 0.933. The Morgan fingerprint density at radius 1 is 0.778 bits per heavy atom. The highest BCUT2D eigenvalue weighted by molar-refractivity contribution is 5.33. The normalized spacial score (nSPS) is 10.3. The van der Waals surface area contributed by atoms with Gasteiger partial charge in [-0.15, -0.1) is 0 Å². The average molecular weight is 256 g/mol. The van der Waals surface area contributed by atoms with Crippen LogP contribution in [0, 0.1) is 11.8 Å². The van der Waals surface area contributed by atoms with Crippen LogP contribution in [0.15, 0.2) is 0 Å². The number of anilines is 3. The molecule has 0 aliphatic carbocycles. The maximum absolute atomic E-state index is 5.36. The van der Waals surface area contributed by atoms with E-state index in [4.69, 9.17) is 21.9 Å². The fourth-order valence-electron chi connectivity index (χ4n) is 0.967. The minimum absolute atomic E-state index is 0.0417. The van der Waals surface area contributed by atoms with E-state index in [1.54, 1.807) is 0 Å². The van der Waals surface area contributed by atoms with Gasteiger partial charge < -0.3 is 21.9 Å². The molecular formula is C11H24N6O. The first-order chi connectivity index (χ1) is 8.31. The standard InChI is InChI=1S/C8H18O.C3H6N6/c1-7(2)5-9-6-8(3)4;4-1-7-2(5)9-3(6)8-1/h7-8H,5-6H2,1-4H3;(H6,4,5,6,7,8,9). The highest BCUT2D eigenvalue weighted by Gasteiger charge is 1.95. The van der Waals surface area contributed by atoms with Crippen LogP contribution in [0.1, 0.15) is 27.7 Å². The van der Waals surface area contributed by atoms with Crippen molar-refractivity contribution >= 4 is 17.8 Å². The number of nitrogens with zero attached hydrogens (tertiary/aromatic N) is 3. The van der Waals surface area contributed by atoms with Gasteiger partial charge >= 0.3 is 0 Å². The third-order valence-corrected chi connectivity index (χ3v) is 1.59. The average Bonchev–Trinajstić information content (AvgIpc) is 2.14. The summed E-state index contributed by atoms with van der Waals surface area (Å²) < 4.78 is 5.36. The van der Waals surface area contributed by atoms with Gasteiger partial charge in [0.1, 0.15) is 0 Å². The van der Waals surface area contributed by atoms with Gasteiger partial charge in [0.05, 0.1) is 0 Å². The van der Waals surface area contributed by atoms with E-state index in [2.05, 4.69) is 42.6 Å². The lowest BCUT2D eigenvalue weighted by molar-refractivity contribution is 0.0886. The van der Waals surface area contributed by atoms with E-state index >= 15 is 0 Å². The summed E-state index contributed by atoms with van der Waals surface area (Å²) in [4.78, 5) is 10.5. The summed E-state index contributed by atoms with van der Waals surface area (Å²) in [6.07, 6.45) is 0. The quantitative estimate of drug-likeness (QED) is 0.731. The molecule has 0 radical (unpaired) electrons. The molecule has 0 atom stereocenters. The van der Waals surface area contributed by atoms with Crippen molar-refractivity contribution in [1.82, 2.24) is 15.0 Å². The molecule has 0 aliphatic rings. The van der Waals surface area contributed by atoms with Crippen molar-refractivity contribution in [3.63, 3.8) is 0 Å². The Labute approximate surface area is 108 Å². The zero-order valence-electron chi connectivity index (χ0n) is 11.6. The summed E-state index contributed by atoms with van der Waals surface area (Å²) in [5.41, 5.74) is 15.4. The van der Waals surface area contributed by atoms with Crippen molar-refractivity contribution in [3.8, 4) is 0 Å². The van der Waals surface area contributed by atoms with Gasteiger partial charge in [-0.25, -0.2) is 0 Å². The Morgan fingerprint density at radius 3 is 1.28 bits per heavy atom. The number of rotatable bonds is 4. The fraction of sp³-hybridized carbons (Fsp3) is 0.727. The van der Waals surface area contributed by atoms with Crippen molar-refractivity contribution in [2.75, 3.05) is 30.4 Å². The molecule has 18 heavy (non-hydrogen) atoms. The molecule has 0 unspecified atom stereocenters. The number of hydrogen-bond acceptors (Lipinski definition) is 7. The lowest BCUT2D eigenvalue weighted by Crippen LogP contribution is -2.06. The third kappa shape index (κ3) is 9.59. The molecule has 1 aromatic rings. The van der Waals surface area contributed by atoms with E-state index in [-0.39, 0.29) is 17.8 Å². The molecular weight excluding hydrogens is 232 g/mol. The molecule has 1 aromatic heterocycles. The molecule has 1 heterocycles. The lowest BCUT2D eigenvalue weighted by atomic mass is 10.2. The summed E-state index contributed by atoms with van der Waals surface area (Å²) in [6.45, 7) is 10.5. The largest absolute Gasteiger partial charge is 0.381 e. The van der Waals surface area contributed by atoms with Gasteiger partial charge in [-0.1, -0.05) is 27.7 Å². The van der Waals surface area contributed by atoms with Crippen molar-refractivity contribution in [3.05, 3.63) is 0 Å². The number of hydrogen-bond donors (Lipinski definition) is 3. The van der Waals surface area contributed by atoms with Crippen molar-refractivity contribution in [1.29, 1.82) is 0 Å². The molecule has 0 aromatic carbocycles. The van der Waals surface area contributed by atoms with E-state index in [9.17, 15) is 0 Å². The van der Waals surface area contributed by atoms with Gasteiger partial charge in [0.15, 0.2) is 0 Å². The van der Waals surface area contributed by atoms with E-state index in [1.165, 1.54) is 0 Å². The zero-order valence-corrected chi connectivity index (χ0v) is 11.6. The third-order valence-electron chi connectivity index (χ3n) is 1.59. The summed E-state index contributed by atoms with van der Waals surface area (Å²) in [5.74, 6) is 1.47. The highest BCUT2D eigenvalue weighted by atomic mass is 16.5. The fourth-order valence-corrected chi connectivity index (χ4v) is 0.967. The second kappa shape index (κ2) is 8.46. The number of aromatic nitrogens is 3. The highest BCUT2D eigenvalue weighted by Crippen LogP contribution is 1.97. The van der Waals surface area contributed by atoms with Crippen LogP contribution < -0.4 is 17.2 Å². The molecule has 104 valence electrons. The Balaban J connectivity index is 0.000000321. The topological polar surface area (TPSA) is 126 Å². The van der Waals surface area contributed by atoms with E-state index in [0.29, 0.717) is 11.8 Å². The van der Waals surface area contributed by atoms with Gasteiger partial charge in [0.2, 0.25) is 17.8 Å². The zero-order chi connectivity index (χ0) is 14.1. The molecule has 0 saturated carbocycles. The van der Waals surface area contributed by atoms with Gasteiger partial charge in [-0.2, -0.15) is 15.0 Å². The first kappa shape index (κ1) is 16.4. The smallest absolute Gasteiger partial charge is 0.226 e. The monoisotopic (exact) mass is 256 g/mol. The van der Waals surface area contributed by atoms with Crippen molar-refractivity contribution in [2.24, 2.45) is 11.8 Å². The molecule has 1 rings (SSSR count). The second-order valence-corrected chi connectivity index (χ2v) is 4.74. The summed E-state index contributed by atoms with van der Waals surface area (Å²) in [6, 6.07) is 0. The van der Waals surface area contributed by atoms with Gasteiger partial charge in [-0.05, 0) is 11.8 Å². The molecule has 0 amide bonds. The Kier molecular flexibility index (Phi) is 7.69. The molecule has 7 heteroatoms. The molecule has 7 nitrogen and oxygen atoms in total. The van der Waals surface area contributed by atoms with Crippen LogP contribution in [-0.4, -0.2) is 28.2 Å². The molecule has 0 bridgehead atoms. The minimum Gasteiger partial charge on any atom is -0.381 e.